The van der Waals surface area contributed by atoms with Crippen molar-refractivity contribution in [1.29, 1.82) is 0 Å². The molecule has 1 unspecified atom stereocenters. The maximum atomic E-state index is 12.9. The van der Waals surface area contributed by atoms with Crippen molar-refractivity contribution in [3.63, 3.8) is 0 Å². The first-order chi connectivity index (χ1) is 13.5. The number of aliphatic hydroxyl groups excluding tert-OH is 1. The van der Waals surface area contributed by atoms with Crippen molar-refractivity contribution >= 4 is 5.97 Å². The Hall–Kier alpha value is -2.64. The molecule has 3 rings (SSSR count). The lowest BCUT2D eigenvalue weighted by Crippen LogP contribution is -2.43. The van der Waals surface area contributed by atoms with Gasteiger partial charge in [0.1, 0.15) is 41.7 Å². The van der Waals surface area contributed by atoms with Crippen molar-refractivity contribution in [3.8, 4) is 11.5 Å². The number of benzene rings is 2. The number of hydrogen-bond donors (Lipinski definition) is 2. The first-order valence-corrected chi connectivity index (χ1v) is 9.29. The zero-order chi connectivity index (χ0) is 19.9. The van der Waals surface area contributed by atoms with Crippen LogP contribution in [0.5, 0.6) is 11.5 Å². The summed E-state index contributed by atoms with van der Waals surface area (Å²) in [6.07, 6.45) is 0.966. The number of carbonyl (C=O) groups is 1. The number of carboxylic acids is 1. The van der Waals surface area contributed by atoms with Gasteiger partial charge in [-0.15, -0.1) is 0 Å². The largest absolute Gasteiger partial charge is 0.490 e. The minimum absolute atomic E-state index is 0.0241. The normalized spacial score (nSPS) is 16.5. The van der Waals surface area contributed by atoms with Crippen molar-refractivity contribution in [1.82, 2.24) is 4.90 Å². The zero-order valence-corrected chi connectivity index (χ0v) is 15.5. The summed E-state index contributed by atoms with van der Waals surface area (Å²) in [6.45, 7) is 2.01. The monoisotopic (exact) mass is 389 g/mol. The molecule has 6 nitrogen and oxygen atoms in total. The summed E-state index contributed by atoms with van der Waals surface area (Å²) in [5.74, 6) is -0.441. The van der Waals surface area contributed by atoms with Gasteiger partial charge >= 0.3 is 5.97 Å². The zero-order valence-electron chi connectivity index (χ0n) is 15.5. The molecule has 1 aliphatic rings. The number of halogens is 1. The van der Waals surface area contributed by atoms with Crippen LogP contribution < -0.4 is 9.47 Å². The van der Waals surface area contributed by atoms with Crippen LogP contribution in [0.15, 0.2) is 48.5 Å². The molecular formula is C21H24FNO5. The van der Waals surface area contributed by atoms with Gasteiger partial charge in [0.25, 0.3) is 0 Å². The molecule has 2 N–H and O–H groups in total. The summed E-state index contributed by atoms with van der Waals surface area (Å²) < 4.78 is 24.3. The minimum Gasteiger partial charge on any atom is -0.490 e. The molecule has 0 aliphatic carbocycles. The van der Waals surface area contributed by atoms with Gasteiger partial charge in [-0.25, -0.2) is 9.18 Å². The van der Waals surface area contributed by atoms with Crippen LogP contribution in [-0.2, 0) is 0 Å². The predicted octanol–water partition coefficient (Wildman–Crippen LogP) is 2.81. The Morgan fingerprint density at radius 1 is 1.14 bits per heavy atom. The topological polar surface area (TPSA) is 79.2 Å². The van der Waals surface area contributed by atoms with E-state index in [-0.39, 0.29) is 29.8 Å². The summed E-state index contributed by atoms with van der Waals surface area (Å²) in [6, 6.07) is 12.4. The summed E-state index contributed by atoms with van der Waals surface area (Å²) in [7, 11) is 0. The summed E-state index contributed by atoms with van der Waals surface area (Å²) >= 11 is 0. The molecule has 0 radical (unpaired) electrons. The van der Waals surface area contributed by atoms with Crippen molar-refractivity contribution in [3.05, 3.63) is 59.9 Å². The summed E-state index contributed by atoms with van der Waals surface area (Å²) in [5, 5.41) is 19.4. The summed E-state index contributed by atoms with van der Waals surface area (Å²) in [4.78, 5) is 13.3. The van der Waals surface area contributed by atoms with Crippen molar-refractivity contribution in [2.75, 3.05) is 26.2 Å². The van der Waals surface area contributed by atoms with Crippen LogP contribution in [0.2, 0.25) is 0 Å². The van der Waals surface area contributed by atoms with Crippen LogP contribution in [0, 0.1) is 5.82 Å². The lowest BCUT2D eigenvalue weighted by atomic mass is 10.1. The van der Waals surface area contributed by atoms with Gasteiger partial charge in [-0.1, -0.05) is 12.1 Å². The molecule has 150 valence electrons. The van der Waals surface area contributed by atoms with Crippen LogP contribution >= 0.6 is 0 Å². The van der Waals surface area contributed by atoms with Gasteiger partial charge in [-0.05, 0) is 49.2 Å². The number of rotatable bonds is 8. The van der Waals surface area contributed by atoms with Crippen molar-refractivity contribution in [2.45, 2.75) is 25.0 Å². The van der Waals surface area contributed by atoms with Gasteiger partial charge in [-0.2, -0.15) is 0 Å². The highest BCUT2D eigenvalue weighted by Crippen LogP contribution is 2.20. The fourth-order valence-electron chi connectivity index (χ4n) is 3.22. The summed E-state index contributed by atoms with van der Waals surface area (Å²) in [5.41, 5.74) is 0.0773. The van der Waals surface area contributed by atoms with Gasteiger partial charge < -0.3 is 24.6 Å². The van der Waals surface area contributed by atoms with E-state index in [4.69, 9.17) is 14.6 Å². The number of carboxylic acid groups (broad SMARTS) is 1. The Morgan fingerprint density at radius 3 is 2.50 bits per heavy atom. The Morgan fingerprint density at radius 2 is 1.82 bits per heavy atom. The van der Waals surface area contributed by atoms with E-state index in [1.54, 1.807) is 30.3 Å². The molecule has 0 aromatic heterocycles. The predicted molar refractivity (Wildman–Crippen MR) is 101 cm³/mol. The SMILES string of the molecule is O=C(O)c1ccccc1OCC(O)CN1CCC(Oc2ccc(F)cc2)CC1. The van der Waals surface area contributed by atoms with Crippen LogP contribution in [0.4, 0.5) is 4.39 Å². The highest BCUT2D eigenvalue weighted by atomic mass is 19.1. The molecule has 1 fully saturated rings. The number of hydrogen-bond acceptors (Lipinski definition) is 5. The van der Waals surface area contributed by atoms with E-state index >= 15 is 0 Å². The number of aromatic carboxylic acids is 1. The average Bonchev–Trinajstić information content (AvgIpc) is 2.70. The standard InChI is InChI=1S/C21H24FNO5/c22-15-5-7-17(8-6-15)28-18-9-11-23(12-10-18)13-16(24)14-27-20-4-2-1-3-19(20)21(25)26/h1-8,16,18,24H,9-14H2,(H,25,26). The van der Waals surface area contributed by atoms with Crippen LogP contribution in [0.25, 0.3) is 0 Å². The maximum absolute atomic E-state index is 12.9. The highest BCUT2D eigenvalue weighted by molar-refractivity contribution is 5.90. The lowest BCUT2D eigenvalue weighted by molar-refractivity contribution is 0.0395. The van der Waals surface area contributed by atoms with Crippen molar-refractivity contribution in [2.24, 2.45) is 0 Å². The molecule has 1 aliphatic heterocycles. The fraction of sp³-hybridized carbons (Fsp3) is 0.381. The molecule has 0 bridgehead atoms. The van der Waals surface area contributed by atoms with E-state index in [1.165, 1.54) is 18.2 Å². The minimum atomic E-state index is -1.06. The second-order valence-electron chi connectivity index (χ2n) is 6.84. The average molecular weight is 389 g/mol. The first kappa shape index (κ1) is 20.1. The first-order valence-electron chi connectivity index (χ1n) is 9.29. The number of piperidine rings is 1. The molecule has 0 saturated carbocycles. The quantitative estimate of drug-likeness (QED) is 0.723. The van der Waals surface area contributed by atoms with Crippen molar-refractivity contribution < 1.29 is 28.9 Å². The molecule has 1 saturated heterocycles. The second kappa shape index (κ2) is 9.52. The molecule has 28 heavy (non-hydrogen) atoms. The Balaban J connectivity index is 1.41. The van der Waals surface area contributed by atoms with Gasteiger partial charge in [0.05, 0.1) is 0 Å². The Kier molecular flexibility index (Phi) is 6.84. The van der Waals surface area contributed by atoms with E-state index in [9.17, 15) is 14.3 Å². The Labute approximate surface area is 163 Å². The molecule has 0 amide bonds. The molecule has 1 atom stereocenters. The van der Waals surface area contributed by atoms with Gasteiger partial charge in [0.15, 0.2) is 0 Å². The molecule has 0 spiro atoms. The van der Waals surface area contributed by atoms with E-state index in [0.29, 0.717) is 12.3 Å². The molecule has 1 heterocycles. The smallest absolute Gasteiger partial charge is 0.339 e. The highest BCUT2D eigenvalue weighted by Gasteiger charge is 2.22. The number of likely N-dealkylation sites (tertiary alicyclic amines) is 1. The molecule has 2 aromatic rings. The Bertz CT molecular complexity index is 775. The molecular weight excluding hydrogens is 365 g/mol. The van der Waals surface area contributed by atoms with E-state index < -0.39 is 12.1 Å². The van der Waals surface area contributed by atoms with Gasteiger partial charge in [-0.3, -0.25) is 0 Å². The maximum Gasteiger partial charge on any atom is 0.339 e. The van der Waals surface area contributed by atoms with E-state index in [2.05, 4.69) is 4.90 Å². The van der Waals surface area contributed by atoms with Gasteiger partial charge in [0.2, 0.25) is 0 Å². The number of ether oxygens (including phenoxy) is 2. The third kappa shape index (κ3) is 5.68. The third-order valence-electron chi connectivity index (χ3n) is 4.67. The van der Waals surface area contributed by atoms with E-state index in [1.807, 2.05) is 0 Å². The number of para-hydroxylation sites is 1. The fourth-order valence-corrected chi connectivity index (χ4v) is 3.22. The lowest BCUT2D eigenvalue weighted by Gasteiger charge is -2.33. The number of β-amino-alcohol motifs (C(OH)–C–C–N with tert-alkyl or cyclic N) is 1. The third-order valence-corrected chi connectivity index (χ3v) is 4.67. The van der Waals surface area contributed by atoms with Crippen LogP contribution in [0.1, 0.15) is 23.2 Å². The van der Waals surface area contributed by atoms with Crippen LogP contribution in [0.3, 0.4) is 0 Å². The van der Waals surface area contributed by atoms with Crippen LogP contribution in [-0.4, -0.2) is 59.5 Å². The molecule has 7 heteroatoms. The molecule has 2 aromatic carbocycles. The van der Waals surface area contributed by atoms with Gasteiger partial charge in [0, 0.05) is 19.6 Å². The number of aliphatic hydroxyl groups is 1. The second-order valence-corrected chi connectivity index (χ2v) is 6.84. The number of nitrogens with zero attached hydrogens (tertiary/aromatic N) is 1. The van der Waals surface area contributed by atoms with E-state index in [0.717, 1.165) is 25.9 Å².